The Morgan fingerprint density at radius 1 is 1.40 bits per heavy atom. The molecule has 0 unspecified atom stereocenters. The van der Waals surface area contributed by atoms with Gasteiger partial charge in [0.25, 0.3) is 0 Å². The minimum atomic E-state index is 0.410. The van der Waals surface area contributed by atoms with Crippen LogP contribution in [0.5, 0.6) is 0 Å². The van der Waals surface area contributed by atoms with Gasteiger partial charge in [0.2, 0.25) is 0 Å². The first-order valence-corrected chi connectivity index (χ1v) is 5.66. The van der Waals surface area contributed by atoms with Gasteiger partial charge in [-0.1, -0.05) is 11.6 Å². The van der Waals surface area contributed by atoms with Gasteiger partial charge >= 0.3 is 0 Å². The van der Waals surface area contributed by atoms with Gasteiger partial charge in [-0.2, -0.15) is 5.10 Å². The highest BCUT2D eigenvalue weighted by atomic mass is 35.5. The summed E-state index contributed by atoms with van der Waals surface area (Å²) in [6.07, 6.45) is 2.19. The van der Waals surface area contributed by atoms with Crippen LogP contribution in [0.3, 0.4) is 0 Å². The van der Waals surface area contributed by atoms with E-state index in [1.165, 1.54) is 0 Å². The molecule has 4 nitrogen and oxygen atoms in total. The van der Waals surface area contributed by atoms with E-state index in [1.54, 1.807) is 0 Å². The van der Waals surface area contributed by atoms with Gasteiger partial charge in [0.1, 0.15) is 10.8 Å². The van der Waals surface area contributed by atoms with Crippen LogP contribution in [0.15, 0.2) is 0 Å². The number of rotatable bonds is 1. The molecule has 2 rings (SSSR count). The summed E-state index contributed by atoms with van der Waals surface area (Å²) in [5, 5.41) is 5.01. The largest absolute Gasteiger partial charge is 0.383 e. The van der Waals surface area contributed by atoms with E-state index in [9.17, 15) is 0 Å². The highest BCUT2D eigenvalue weighted by Crippen LogP contribution is 2.29. The molecule has 2 N–H and O–H groups in total. The minimum absolute atomic E-state index is 0.410. The predicted octanol–water partition coefficient (Wildman–Crippen LogP) is 1.69. The van der Waals surface area contributed by atoms with Crippen molar-refractivity contribution in [2.75, 3.05) is 25.9 Å². The lowest BCUT2D eigenvalue weighted by atomic mass is 10.1. The fourth-order valence-electron chi connectivity index (χ4n) is 2.06. The van der Waals surface area contributed by atoms with Crippen molar-refractivity contribution in [2.24, 2.45) is 0 Å². The number of piperidine rings is 1. The Balaban J connectivity index is 2.19. The van der Waals surface area contributed by atoms with Gasteiger partial charge in [-0.05, 0) is 39.9 Å². The van der Waals surface area contributed by atoms with E-state index in [0.29, 0.717) is 16.9 Å². The van der Waals surface area contributed by atoms with Crippen molar-refractivity contribution in [3.8, 4) is 0 Å². The summed E-state index contributed by atoms with van der Waals surface area (Å²) in [6.45, 7) is 4.09. The Bertz CT molecular complexity index is 353. The lowest BCUT2D eigenvalue weighted by Crippen LogP contribution is -2.32. The average molecular weight is 229 g/mol. The second kappa shape index (κ2) is 4.02. The number of hydrogen-bond acceptors (Lipinski definition) is 3. The van der Waals surface area contributed by atoms with E-state index in [2.05, 4.69) is 17.0 Å². The van der Waals surface area contributed by atoms with Gasteiger partial charge in [0, 0.05) is 0 Å². The van der Waals surface area contributed by atoms with Crippen molar-refractivity contribution in [3.05, 3.63) is 10.7 Å². The zero-order valence-corrected chi connectivity index (χ0v) is 9.96. The number of aryl methyl sites for hydroxylation is 1. The minimum Gasteiger partial charge on any atom is -0.383 e. The SMILES string of the molecule is Cc1nn(C2CCN(C)CC2)c(N)c1Cl. The molecule has 0 amide bonds. The first kappa shape index (κ1) is 10.8. The molecule has 15 heavy (non-hydrogen) atoms. The summed E-state index contributed by atoms with van der Waals surface area (Å²) in [4.78, 5) is 2.32. The molecule has 84 valence electrons. The number of nitrogens with zero attached hydrogens (tertiary/aromatic N) is 3. The van der Waals surface area contributed by atoms with Crippen LogP contribution in [0.4, 0.5) is 5.82 Å². The molecule has 0 radical (unpaired) electrons. The van der Waals surface area contributed by atoms with Gasteiger partial charge < -0.3 is 10.6 Å². The van der Waals surface area contributed by atoms with Crippen LogP contribution in [-0.4, -0.2) is 34.8 Å². The van der Waals surface area contributed by atoms with Crippen LogP contribution in [0.1, 0.15) is 24.6 Å². The lowest BCUT2D eigenvalue weighted by Gasteiger charge is -2.29. The zero-order chi connectivity index (χ0) is 11.0. The molecule has 0 aliphatic carbocycles. The molecule has 0 aromatic carbocycles. The third-order valence-corrected chi connectivity index (χ3v) is 3.55. The molecule has 1 aromatic rings. The monoisotopic (exact) mass is 228 g/mol. The summed E-state index contributed by atoms with van der Waals surface area (Å²) in [7, 11) is 2.14. The van der Waals surface area contributed by atoms with E-state index in [-0.39, 0.29) is 0 Å². The van der Waals surface area contributed by atoms with E-state index in [1.807, 2.05) is 11.6 Å². The summed E-state index contributed by atoms with van der Waals surface area (Å²) in [5.74, 6) is 0.615. The second-order valence-corrected chi connectivity index (χ2v) is 4.64. The van der Waals surface area contributed by atoms with Crippen molar-refractivity contribution in [1.82, 2.24) is 14.7 Å². The third-order valence-electron chi connectivity index (χ3n) is 3.08. The van der Waals surface area contributed by atoms with Gasteiger partial charge in [-0.25, -0.2) is 4.68 Å². The molecule has 2 heterocycles. The molecule has 0 bridgehead atoms. The molecular weight excluding hydrogens is 212 g/mol. The summed E-state index contributed by atoms with van der Waals surface area (Å²) < 4.78 is 1.89. The number of anilines is 1. The Morgan fingerprint density at radius 3 is 2.47 bits per heavy atom. The second-order valence-electron chi connectivity index (χ2n) is 4.26. The van der Waals surface area contributed by atoms with Crippen LogP contribution in [0, 0.1) is 6.92 Å². The van der Waals surface area contributed by atoms with Gasteiger partial charge in [0.15, 0.2) is 0 Å². The molecule has 0 saturated carbocycles. The van der Waals surface area contributed by atoms with Gasteiger partial charge in [-0.3, -0.25) is 0 Å². The van der Waals surface area contributed by atoms with Crippen molar-refractivity contribution >= 4 is 17.4 Å². The van der Waals surface area contributed by atoms with Crippen LogP contribution in [-0.2, 0) is 0 Å². The highest BCUT2D eigenvalue weighted by molar-refractivity contribution is 6.33. The maximum absolute atomic E-state index is 6.03. The molecule has 1 saturated heterocycles. The van der Waals surface area contributed by atoms with Crippen molar-refractivity contribution in [1.29, 1.82) is 0 Å². The van der Waals surface area contributed by atoms with Crippen LogP contribution in [0.25, 0.3) is 0 Å². The number of likely N-dealkylation sites (tertiary alicyclic amines) is 1. The standard InChI is InChI=1S/C10H17ClN4/c1-7-9(11)10(12)15(13-7)8-3-5-14(2)6-4-8/h8H,3-6,12H2,1-2H3. The van der Waals surface area contributed by atoms with E-state index in [0.717, 1.165) is 31.6 Å². The van der Waals surface area contributed by atoms with Gasteiger partial charge in [-0.15, -0.1) is 0 Å². The number of halogens is 1. The Morgan fingerprint density at radius 2 is 2.00 bits per heavy atom. The molecule has 0 spiro atoms. The van der Waals surface area contributed by atoms with E-state index >= 15 is 0 Å². The molecule has 0 atom stereocenters. The first-order valence-electron chi connectivity index (χ1n) is 5.28. The summed E-state index contributed by atoms with van der Waals surface area (Å²) in [5.41, 5.74) is 6.75. The molecule has 1 aliphatic rings. The van der Waals surface area contributed by atoms with Crippen LogP contribution < -0.4 is 5.73 Å². The maximum atomic E-state index is 6.03. The molecule has 5 heteroatoms. The number of hydrogen-bond donors (Lipinski definition) is 1. The lowest BCUT2D eigenvalue weighted by molar-refractivity contribution is 0.213. The maximum Gasteiger partial charge on any atom is 0.141 e. The summed E-state index contributed by atoms with van der Waals surface area (Å²) >= 11 is 6.03. The Labute approximate surface area is 95.0 Å². The van der Waals surface area contributed by atoms with E-state index < -0.39 is 0 Å². The Kier molecular flexibility index (Phi) is 2.89. The van der Waals surface area contributed by atoms with Crippen molar-refractivity contribution in [2.45, 2.75) is 25.8 Å². The van der Waals surface area contributed by atoms with E-state index in [4.69, 9.17) is 17.3 Å². The zero-order valence-electron chi connectivity index (χ0n) is 9.20. The highest BCUT2D eigenvalue weighted by Gasteiger charge is 2.22. The normalized spacial score (nSPS) is 19.7. The molecular formula is C10H17ClN4. The Hall–Kier alpha value is -0.740. The topological polar surface area (TPSA) is 47.1 Å². The molecule has 1 aliphatic heterocycles. The molecule has 1 aromatic heterocycles. The molecule has 1 fully saturated rings. The third kappa shape index (κ3) is 1.96. The van der Waals surface area contributed by atoms with Crippen LogP contribution in [0.2, 0.25) is 5.02 Å². The summed E-state index contributed by atoms with van der Waals surface area (Å²) in [6, 6.07) is 0.410. The number of aromatic nitrogens is 2. The van der Waals surface area contributed by atoms with Crippen molar-refractivity contribution < 1.29 is 0 Å². The first-order chi connectivity index (χ1) is 7.09. The van der Waals surface area contributed by atoms with Gasteiger partial charge in [0.05, 0.1) is 11.7 Å². The fourth-order valence-corrected chi connectivity index (χ4v) is 2.19. The number of nitrogen functional groups attached to an aromatic ring is 1. The fraction of sp³-hybridized carbons (Fsp3) is 0.700. The quantitative estimate of drug-likeness (QED) is 0.796. The predicted molar refractivity (Wildman–Crippen MR) is 62.2 cm³/mol. The smallest absolute Gasteiger partial charge is 0.141 e. The van der Waals surface area contributed by atoms with Crippen molar-refractivity contribution in [3.63, 3.8) is 0 Å². The van der Waals surface area contributed by atoms with Crippen LogP contribution >= 0.6 is 11.6 Å². The average Bonchev–Trinajstić information content (AvgIpc) is 2.47. The number of nitrogens with two attached hydrogens (primary N) is 1.